The second kappa shape index (κ2) is 8.01. The van der Waals surface area contributed by atoms with Gasteiger partial charge >= 0.3 is 5.97 Å². The van der Waals surface area contributed by atoms with Crippen molar-refractivity contribution in [2.75, 3.05) is 0 Å². The molecule has 2 atom stereocenters. The molecule has 0 heterocycles. The summed E-state index contributed by atoms with van der Waals surface area (Å²) in [7, 11) is 0. The molecule has 21 heavy (non-hydrogen) atoms. The lowest BCUT2D eigenvalue weighted by molar-refractivity contribution is -0.141. The van der Waals surface area contributed by atoms with E-state index in [-0.39, 0.29) is 12.3 Å². The maximum absolute atomic E-state index is 11.7. The molecule has 1 aromatic rings. The van der Waals surface area contributed by atoms with Crippen molar-refractivity contribution < 1.29 is 19.5 Å². The maximum atomic E-state index is 11.7. The van der Waals surface area contributed by atoms with Gasteiger partial charge in [-0.25, -0.2) is 0 Å². The second-order valence-electron chi connectivity index (χ2n) is 4.64. The SMILES string of the molecule is C[C@@H](NC(=O)C(N)CC(=O)NCc1ccccc1)C(=O)O. The fourth-order valence-electron chi connectivity index (χ4n) is 1.54. The summed E-state index contributed by atoms with van der Waals surface area (Å²) in [6.07, 6.45) is -0.203. The number of nitrogens with two attached hydrogens (primary N) is 1. The van der Waals surface area contributed by atoms with Gasteiger partial charge in [0.15, 0.2) is 0 Å². The zero-order chi connectivity index (χ0) is 15.8. The molecule has 0 bridgehead atoms. The molecule has 0 fully saturated rings. The van der Waals surface area contributed by atoms with Crippen molar-refractivity contribution in [2.45, 2.75) is 32.0 Å². The fraction of sp³-hybridized carbons (Fsp3) is 0.357. The third-order valence-electron chi connectivity index (χ3n) is 2.80. The van der Waals surface area contributed by atoms with Crippen LogP contribution >= 0.6 is 0 Å². The van der Waals surface area contributed by atoms with E-state index in [0.717, 1.165) is 5.56 Å². The first kappa shape index (κ1) is 16.6. The minimum atomic E-state index is -1.16. The van der Waals surface area contributed by atoms with Gasteiger partial charge in [-0.1, -0.05) is 30.3 Å². The summed E-state index contributed by atoms with van der Waals surface area (Å²) in [4.78, 5) is 33.9. The monoisotopic (exact) mass is 293 g/mol. The summed E-state index contributed by atoms with van der Waals surface area (Å²) in [5.41, 5.74) is 6.50. The number of benzene rings is 1. The van der Waals surface area contributed by atoms with Gasteiger partial charge in [-0.05, 0) is 12.5 Å². The lowest BCUT2D eigenvalue weighted by atomic mass is 10.1. The zero-order valence-electron chi connectivity index (χ0n) is 11.7. The molecule has 0 aliphatic carbocycles. The molecular formula is C14H19N3O4. The molecule has 0 aliphatic heterocycles. The summed E-state index contributed by atoms with van der Waals surface area (Å²) in [6, 6.07) is 7.18. The van der Waals surface area contributed by atoms with Gasteiger partial charge in [0, 0.05) is 6.54 Å². The van der Waals surface area contributed by atoms with Gasteiger partial charge in [-0.3, -0.25) is 14.4 Å². The molecule has 0 aromatic heterocycles. The number of nitrogens with one attached hydrogen (secondary N) is 2. The summed E-state index contributed by atoms with van der Waals surface area (Å²) < 4.78 is 0. The van der Waals surface area contributed by atoms with Crippen LogP contribution in [0, 0.1) is 0 Å². The number of carbonyl (C=O) groups excluding carboxylic acids is 2. The molecule has 0 spiro atoms. The zero-order valence-corrected chi connectivity index (χ0v) is 11.7. The van der Waals surface area contributed by atoms with Crippen molar-refractivity contribution >= 4 is 17.8 Å². The molecule has 1 rings (SSSR count). The van der Waals surface area contributed by atoms with Crippen molar-refractivity contribution in [2.24, 2.45) is 5.73 Å². The van der Waals surface area contributed by atoms with Crippen LogP contribution in [0.2, 0.25) is 0 Å². The first-order valence-electron chi connectivity index (χ1n) is 6.49. The lowest BCUT2D eigenvalue weighted by Gasteiger charge is -2.14. The van der Waals surface area contributed by atoms with Gasteiger partial charge in [0.2, 0.25) is 11.8 Å². The molecule has 0 saturated carbocycles. The molecule has 114 valence electrons. The first-order valence-corrected chi connectivity index (χ1v) is 6.49. The van der Waals surface area contributed by atoms with E-state index < -0.39 is 24.0 Å². The van der Waals surface area contributed by atoms with Crippen molar-refractivity contribution in [3.8, 4) is 0 Å². The normalized spacial score (nSPS) is 13.0. The molecule has 1 aromatic carbocycles. The highest BCUT2D eigenvalue weighted by Gasteiger charge is 2.21. The van der Waals surface area contributed by atoms with Crippen LogP contribution < -0.4 is 16.4 Å². The molecule has 0 aliphatic rings. The maximum Gasteiger partial charge on any atom is 0.325 e. The Balaban J connectivity index is 2.36. The van der Waals surface area contributed by atoms with E-state index >= 15 is 0 Å². The lowest BCUT2D eigenvalue weighted by Crippen LogP contribution is -2.48. The van der Waals surface area contributed by atoms with Crippen molar-refractivity contribution in [1.29, 1.82) is 0 Å². The van der Waals surface area contributed by atoms with E-state index in [9.17, 15) is 14.4 Å². The van der Waals surface area contributed by atoms with Gasteiger partial charge < -0.3 is 21.5 Å². The minimum absolute atomic E-state index is 0.203. The van der Waals surface area contributed by atoms with Crippen LogP contribution in [0.15, 0.2) is 30.3 Å². The van der Waals surface area contributed by atoms with Crippen LogP contribution in [0.3, 0.4) is 0 Å². The molecule has 7 heteroatoms. The van der Waals surface area contributed by atoms with E-state index in [2.05, 4.69) is 10.6 Å². The van der Waals surface area contributed by atoms with E-state index in [4.69, 9.17) is 10.8 Å². The summed E-state index contributed by atoms with van der Waals surface area (Å²) in [6.45, 7) is 1.67. The molecule has 5 N–H and O–H groups in total. The van der Waals surface area contributed by atoms with Gasteiger partial charge in [0.25, 0.3) is 0 Å². The number of carbonyl (C=O) groups is 3. The number of hydrogen-bond acceptors (Lipinski definition) is 4. The molecule has 0 saturated heterocycles. The quantitative estimate of drug-likeness (QED) is 0.545. The number of amides is 2. The Morgan fingerprint density at radius 1 is 1.24 bits per heavy atom. The van der Waals surface area contributed by atoms with Gasteiger partial charge in [-0.15, -0.1) is 0 Å². The molecular weight excluding hydrogens is 274 g/mol. The van der Waals surface area contributed by atoms with Crippen molar-refractivity contribution in [3.05, 3.63) is 35.9 Å². The fourth-order valence-corrected chi connectivity index (χ4v) is 1.54. The summed E-state index contributed by atoms with van der Waals surface area (Å²) in [5.74, 6) is -2.20. The largest absolute Gasteiger partial charge is 0.480 e. The van der Waals surface area contributed by atoms with Crippen molar-refractivity contribution in [3.63, 3.8) is 0 Å². The minimum Gasteiger partial charge on any atom is -0.480 e. The third-order valence-corrected chi connectivity index (χ3v) is 2.80. The average Bonchev–Trinajstić information content (AvgIpc) is 2.45. The number of rotatable bonds is 7. The van der Waals surface area contributed by atoms with Gasteiger partial charge in [-0.2, -0.15) is 0 Å². The number of hydrogen-bond donors (Lipinski definition) is 4. The Hall–Kier alpha value is -2.41. The van der Waals surface area contributed by atoms with Crippen LogP contribution in [-0.4, -0.2) is 35.0 Å². The second-order valence-corrected chi connectivity index (χ2v) is 4.64. The predicted octanol–water partition coefficient (Wildman–Crippen LogP) is -0.390. The summed E-state index contributed by atoms with van der Waals surface area (Å²) >= 11 is 0. The van der Waals surface area contributed by atoms with Crippen LogP contribution in [0.25, 0.3) is 0 Å². The van der Waals surface area contributed by atoms with Gasteiger partial charge in [0.1, 0.15) is 6.04 Å². The average molecular weight is 293 g/mol. The van der Waals surface area contributed by atoms with Crippen LogP contribution in [-0.2, 0) is 20.9 Å². The number of carboxylic acids is 1. The number of aliphatic carboxylic acids is 1. The Kier molecular flexibility index (Phi) is 6.35. The van der Waals surface area contributed by atoms with Gasteiger partial charge in [0.05, 0.1) is 12.5 Å². The van der Waals surface area contributed by atoms with Crippen LogP contribution in [0.1, 0.15) is 18.9 Å². The Bertz CT molecular complexity index is 504. The Morgan fingerprint density at radius 3 is 2.43 bits per heavy atom. The standard InChI is InChI=1S/C14H19N3O4/c1-9(14(20)21)17-13(19)11(15)7-12(18)16-8-10-5-3-2-4-6-10/h2-6,9,11H,7-8,15H2,1H3,(H,16,18)(H,17,19)(H,20,21)/t9-,11?/m1/s1. The van der Waals surface area contributed by atoms with Crippen molar-refractivity contribution in [1.82, 2.24) is 10.6 Å². The molecule has 7 nitrogen and oxygen atoms in total. The van der Waals surface area contributed by atoms with E-state index in [1.807, 2.05) is 30.3 Å². The van der Waals surface area contributed by atoms with Crippen LogP contribution in [0.4, 0.5) is 0 Å². The Morgan fingerprint density at radius 2 is 1.86 bits per heavy atom. The highest BCUT2D eigenvalue weighted by Crippen LogP contribution is 1.98. The van der Waals surface area contributed by atoms with E-state index in [0.29, 0.717) is 6.54 Å². The van der Waals surface area contributed by atoms with E-state index in [1.165, 1.54) is 6.92 Å². The molecule has 0 radical (unpaired) electrons. The third kappa shape index (κ3) is 6.05. The first-order chi connectivity index (χ1) is 9.90. The predicted molar refractivity (Wildman–Crippen MR) is 76.1 cm³/mol. The van der Waals surface area contributed by atoms with E-state index in [1.54, 1.807) is 0 Å². The highest BCUT2D eigenvalue weighted by atomic mass is 16.4. The molecule has 2 amide bonds. The highest BCUT2D eigenvalue weighted by molar-refractivity contribution is 5.90. The topological polar surface area (TPSA) is 122 Å². The number of carboxylic acid groups (broad SMARTS) is 1. The summed E-state index contributed by atoms with van der Waals surface area (Å²) in [5, 5.41) is 13.5. The molecule has 1 unspecified atom stereocenters. The smallest absolute Gasteiger partial charge is 0.325 e. The van der Waals surface area contributed by atoms with Crippen LogP contribution in [0.5, 0.6) is 0 Å². The Labute approximate surface area is 122 Å².